The number of hydrogen-bond acceptors (Lipinski definition) is 5. The third-order valence-electron chi connectivity index (χ3n) is 2.82. The standard InChI is InChI=1S/C12H13F2NO6S/c13-12(14)21-9-4-3-8(11(16)15-22(17,18)19)5-10(9)20-6-7-1-2-7/h3-5,7,12H,1-2,6H2,(H,15,16)(H,17,18,19). The molecule has 7 nitrogen and oxygen atoms in total. The molecular formula is C12H13F2NO6S. The number of amides is 1. The zero-order valence-corrected chi connectivity index (χ0v) is 12.0. The SMILES string of the molecule is O=C(NS(=O)(=O)O)c1ccc(OC(F)F)c(OCC2CC2)c1. The Balaban J connectivity index is 2.20. The van der Waals surface area contributed by atoms with Crippen LogP contribution in [0.5, 0.6) is 11.5 Å². The second-order valence-electron chi connectivity index (χ2n) is 4.70. The van der Waals surface area contributed by atoms with Gasteiger partial charge in [-0.2, -0.15) is 17.2 Å². The molecule has 0 heterocycles. The van der Waals surface area contributed by atoms with Gasteiger partial charge in [-0.25, -0.2) is 4.72 Å². The molecule has 1 aromatic rings. The van der Waals surface area contributed by atoms with E-state index in [1.807, 2.05) is 0 Å². The van der Waals surface area contributed by atoms with E-state index in [-0.39, 0.29) is 23.7 Å². The molecule has 1 aromatic carbocycles. The van der Waals surface area contributed by atoms with Crippen molar-refractivity contribution in [3.63, 3.8) is 0 Å². The van der Waals surface area contributed by atoms with Crippen molar-refractivity contribution < 1.29 is 36.0 Å². The van der Waals surface area contributed by atoms with Gasteiger partial charge in [0.25, 0.3) is 5.91 Å². The van der Waals surface area contributed by atoms with E-state index in [9.17, 15) is 22.0 Å². The summed E-state index contributed by atoms with van der Waals surface area (Å²) in [6, 6.07) is 3.20. The molecule has 0 spiro atoms. The molecule has 1 amide bonds. The zero-order chi connectivity index (χ0) is 16.3. The number of hydrogen-bond donors (Lipinski definition) is 2. The lowest BCUT2D eigenvalue weighted by Gasteiger charge is -2.13. The highest BCUT2D eigenvalue weighted by molar-refractivity contribution is 7.84. The van der Waals surface area contributed by atoms with Gasteiger partial charge in [0.05, 0.1) is 6.61 Å². The van der Waals surface area contributed by atoms with Crippen LogP contribution in [-0.4, -0.2) is 32.1 Å². The van der Waals surface area contributed by atoms with E-state index in [4.69, 9.17) is 9.29 Å². The Morgan fingerprint density at radius 3 is 2.59 bits per heavy atom. The Morgan fingerprint density at radius 2 is 2.05 bits per heavy atom. The summed E-state index contributed by atoms with van der Waals surface area (Å²) in [6.45, 7) is -2.79. The van der Waals surface area contributed by atoms with Crippen molar-refractivity contribution in [2.75, 3.05) is 6.61 Å². The topological polar surface area (TPSA) is 102 Å². The van der Waals surface area contributed by atoms with Gasteiger partial charge >= 0.3 is 16.9 Å². The van der Waals surface area contributed by atoms with Gasteiger partial charge in [-0.15, -0.1) is 0 Å². The van der Waals surface area contributed by atoms with Crippen LogP contribution in [0, 0.1) is 5.92 Å². The molecule has 0 radical (unpaired) electrons. The normalized spacial score (nSPS) is 14.7. The maximum atomic E-state index is 12.3. The van der Waals surface area contributed by atoms with E-state index in [1.54, 1.807) is 0 Å². The largest absolute Gasteiger partial charge is 0.489 e. The number of alkyl halides is 2. The molecule has 2 rings (SSSR count). The molecule has 1 aliphatic rings. The number of benzene rings is 1. The van der Waals surface area contributed by atoms with Gasteiger partial charge in [-0.3, -0.25) is 9.35 Å². The summed E-state index contributed by atoms with van der Waals surface area (Å²) in [7, 11) is -4.72. The average Bonchev–Trinajstić information content (AvgIpc) is 3.18. The fraction of sp³-hybridized carbons (Fsp3) is 0.417. The highest BCUT2D eigenvalue weighted by Crippen LogP contribution is 2.34. The maximum absolute atomic E-state index is 12.3. The number of ether oxygens (including phenoxy) is 2. The minimum atomic E-state index is -4.72. The molecule has 0 unspecified atom stereocenters. The highest BCUT2D eigenvalue weighted by Gasteiger charge is 2.24. The minimum Gasteiger partial charge on any atom is -0.489 e. The molecule has 0 aromatic heterocycles. The Morgan fingerprint density at radius 1 is 1.36 bits per heavy atom. The van der Waals surface area contributed by atoms with Gasteiger partial charge in [-0.1, -0.05) is 0 Å². The Kier molecular flexibility index (Phi) is 4.81. The molecule has 122 valence electrons. The summed E-state index contributed by atoms with van der Waals surface area (Å²) in [4.78, 5) is 11.6. The van der Waals surface area contributed by atoms with Crippen molar-refractivity contribution in [1.29, 1.82) is 0 Å². The van der Waals surface area contributed by atoms with E-state index in [0.717, 1.165) is 31.0 Å². The molecule has 1 fully saturated rings. The lowest BCUT2D eigenvalue weighted by molar-refractivity contribution is -0.0515. The summed E-state index contributed by atoms with van der Waals surface area (Å²) in [5.74, 6) is -1.16. The van der Waals surface area contributed by atoms with Crippen LogP contribution in [0.3, 0.4) is 0 Å². The summed E-state index contributed by atoms with van der Waals surface area (Å²) in [5, 5.41) is 0. The van der Waals surface area contributed by atoms with Crippen LogP contribution in [0.15, 0.2) is 18.2 Å². The number of nitrogens with one attached hydrogen (secondary N) is 1. The van der Waals surface area contributed by atoms with E-state index in [0.29, 0.717) is 5.92 Å². The van der Waals surface area contributed by atoms with Crippen LogP contribution >= 0.6 is 0 Å². The molecule has 0 bridgehead atoms. The molecule has 0 atom stereocenters. The Bertz CT molecular complexity index is 660. The maximum Gasteiger partial charge on any atom is 0.387 e. The molecule has 22 heavy (non-hydrogen) atoms. The summed E-state index contributed by atoms with van der Waals surface area (Å²) in [5.41, 5.74) is -0.190. The number of rotatable bonds is 7. The molecule has 1 aliphatic carbocycles. The first-order chi connectivity index (χ1) is 10.2. The lowest BCUT2D eigenvalue weighted by atomic mass is 10.2. The first kappa shape index (κ1) is 16.4. The third kappa shape index (κ3) is 5.11. The zero-order valence-electron chi connectivity index (χ0n) is 11.2. The monoisotopic (exact) mass is 337 g/mol. The lowest BCUT2D eigenvalue weighted by Crippen LogP contribution is -2.29. The third-order valence-corrected chi connectivity index (χ3v) is 3.26. The van der Waals surface area contributed by atoms with Gasteiger partial charge in [0, 0.05) is 5.56 Å². The predicted molar refractivity (Wildman–Crippen MR) is 70.3 cm³/mol. The van der Waals surface area contributed by atoms with Crippen molar-refractivity contribution >= 4 is 16.2 Å². The van der Waals surface area contributed by atoms with Crippen LogP contribution in [0.1, 0.15) is 23.2 Å². The van der Waals surface area contributed by atoms with Crippen molar-refractivity contribution in [3.05, 3.63) is 23.8 Å². The summed E-state index contributed by atoms with van der Waals surface area (Å²) >= 11 is 0. The predicted octanol–water partition coefficient (Wildman–Crippen LogP) is 1.61. The number of halogens is 2. The van der Waals surface area contributed by atoms with Crippen LogP contribution in [0.25, 0.3) is 0 Å². The Hall–Kier alpha value is -1.94. The van der Waals surface area contributed by atoms with Crippen molar-refractivity contribution in [1.82, 2.24) is 4.72 Å². The first-order valence-electron chi connectivity index (χ1n) is 6.26. The van der Waals surface area contributed by atoms with E-state index in [1.165, 1.54) is 4.72 Å². The average molecular weight is 337 g/mol. The summed E-state index contributed by atoms with van der Waals surface area (Å²) in [6.07, 6.45) is 1.93. The first-order valence-corrected chi connectivity index (χ1v) is 7.70. The fourth-order valence-electron chi connectivity index (χ4n) is 1.62. The van der Waals surface area contributed by atoms with Crippen LogP contribution in [-0.2, 0) is 10.3 Å². The molecular weight excluding hydrogens is 324 g/mol. The molecule has 0 saturated heterocycles. The quantitative estimate of drug-likeness (QED) is 0.733. The van der Waals surface area contributed by atoms with Crippen molar-refractivity contribution in [2.45, 2.75) is 19.5 Å². The van der Waals surface area contributed by atoms with Crippen LogP contribution < -0.4 is 14.2 Å². The fourth-order valence-corrected chi connectivity index (χ4v) is 1.98. The Labute approximate surface area is 125 Å². The van der Waals surface area contributed by atoms with Gasteiger partial charge in [0.2, 0.25) is 0 Å². The van der Waals surface area contributed by atoms with Gasteiger partial charge in [0.15, 0.2) is 11.5 Å². The van der Waals surface area contributed by atoms with Gasteiger partial charge in [-0.05, 0) is 37.0 Å². The molecule has 10 heteroatoms. The van der Waals surface area contributed by atoms with Gasteiger partial charge < -0.3 is 9.47 Å². The van der Waals surface area contributed by atoms with E-state index < -0.39 is 22.8 Å². The summed E-state index contributed by atoms with van der Waals surface area (Å²) < 4.78 is 65.4. The van der Waals surface area contributed by atoms with Gasteiger partial charge in [0.1, 0.15) is 0 Å². The second kappa shape index (κ2) is 6.44. The minimum absolute atomic E-state index is 0.102. The number of carbonyl (C=O) groups excluding carboxylic acids is 1. The van der Waals surface area contributed by atoms with Crippen LogP contribution in [0.2, 0.25) is 0 Å². The molecule has 1 saturated carbocycles. The van der Waals surface area contributed by atoms with E-state index >= 15 is 0 Å². The van der Waals surface area contributed by atoms with E-state index in [2.05, 4.69) is 4.74 Å². The molecule has 2 N–H and O–H groups in total. The second-order valence-corrected chi connectivity index (χ2v) is 5.85. The van der Waals surface area contributed by atoms with Crippen molar-refractivity contribution in [3.8, 4) is 11.5 Å². The smallest absolute Gasteiger partial charge is 0.387 e. The number of carbonyl (C=O) groups is 1. The molecule has 0 aliphatic heterocycles. The van der Waals surface area contributed by atoms with Crippen LogP contribution in [0.4, 0.5) is 8.78 Å². The highest BCUT2D eigenvalue weighted by atomic mass is 32.2. The van der Waals surface area contributed by atoms with Crippen molar-refractivity contribution in [2.24, 2.45) is 5.92 Å².